The molecule has 5 heteroatoms. The van der Waals surface area contributed by atoms with Gasteiger partial charge in [0.15, 0.2) is 0 Å². The topological polar surface area (TPSA) is 76.8 Å². The summed E-state index contributed by atoms with van der Waals surface area (Å²) in [6.07, 6.45) is 0. The van der Waals surface area contributed by atoms with Crippen LogP contribution in [0.2, 0.25) is 0 Å². The summed E-state index contributed by atoms with van der Waals surface area (Å²) in [6.45, 7) is 1.64. The molecule has 0 saturated carbocycles. The molecule has 2 N–H and O–H groups in total. The fourth-order valence-corrected chi connectivity index (χ4v) is 1.62. The molecule has 17 heavy (non-hydrogen) atoms. The van der Waals surface area contributed by atoms with Crippen molar-refractivity contribution in [2.24, 2.45) is 5.73 Å². The minimum Gasteiger partial charge on any atom is -0.342 e. The predicted octanol–water partition coefficient (Wildman–Crippen LogP) is 1.70. The van der Waals surface area contributed by atoms with Crippen LogP contribution in [0.15, 0.2) is 18.2 Å². The van der Waals surface area contributed by atoms with Gasteiger partial charge < -0.3 is 10.6 Å². The first-order valence-corrected chi connectivity index (χ1v) is 5.14. The van der Waals surface area contributed by atoms with Crippen LogP contribution in [0.5, 0.6) is 0 Å². The number of rotatable bonds is 4. The molecule has 0 unspecified atom stereocenters. The van der Waals surface area contributed by atoms with Crippen LogP contribution in [0.25, 0.3) is 0 Å². The zero-order chi connectivity index (χ0) is 12.8. The number of nitrogens with two attached hydrogens (primary N) is 1. The standard InChI is InChI=1S/C12H13FN4/c1-9(16)10-3-2-4-11(13)12(10)17(7-5-14)8-6-15/h2-4,9H,7-8,16H2,1H3/t9-/m0/s1. The lowest BCUT2D eigenvalue weighted by atomic mass is 10.1. The third-order valence-electron chi connectivity index (χ3n) is 2.35. The Balaban J connectivity index is 3.26. The van der Waals surface area contributed by atoms with Crippen molar-refractivity contribution in [3.05, 3.63) is 29.6 Å². The van der Waals surface area contributed by atoms with E-state index in [1.807, 2.05) is 12.1 Å². The van der Waals surface area contributed by atoms with E-state index in [2.05, 4.69) is 0 Å². The fraction of sp³-hybridized carbons (Fsp3) is 0.333. The smallest absolute Gasteiger partial charge is 0.146 e. The van der Waals surface area contributed by atoms with Gasteiger partial charge in [0.2, 0.25) is 0 Å². The minimum atomic E-state index is -0.467. The SMILES string of the molecule is C[C@H](N)c1cccc(F)c1N(CC#N)CC#N. The molecule has 1 atom stereocenters. The van der Waals surface area contributed by atoms with Crippen molar-refractivity contribution in [3.63, 3.8) is 0 Å². The second-order valence-corrected chi connectivity index (χ2v) is 3.64. The molecular formula is C12H13FN4. The lowest BCUT2D eigenvalue weighted by Crippen LogP contribution is -2.27. The molecule has 0 saturated heterocycles. The van der Waals surface area contributed by atoms with Crippen LogP contribution in [0.4, 0.5) is 10.1 Å². The number of nitrogens with zero attached hydrogens (tertiary/aromatic N) is 3. The van der Waals surface area contributed by atoms with Gasteiger partial charge in [-0.25, -0.2) is 4.39 Å². The Morgan fingerprint density at radius 1 is 1.35 bits per heavy atom. The van der Waals surface area contributed by atoms with E-state index in [0.29, 0.717) is 5.56 Å². The zero-order valence-electron chi connectivity index (χ0n) is 9.52. The summed E-state index contributed by atoms with van der Waals surface area (Å²) in [6, 6.07) is 8.02. The number of hydrogen-bond donors (Lipinski definition) is 1. The van der Waals surface area contributed by atoms with E-state index < -0.39 is 5.82 Å². The van der Waals surface area contributed by atoms with Crippen LogP contribution in [-0.2, 0) is 0 Å². The molecular weight excluding hydrogens is 219 g/mol. The van der Waals surface area contributed by atoms with Crippen molar-refractivity contribution >= 4 is 5.69 Å². The Kier molecular flexibility index (Phi) is 4.45. The van der Waals surface area contributed by atoms with Crippen molar-refractivity contribution in [2.45, 2.75) is 13.0 Å². The van der Waals surface area contributed by atoms with Crippen LogP contribution in [0, 0.1) is 28.5 Å². The Bertz CT molecular complexity index is 454. The van der Waals surface area contributed by atoms with Gasteiger partial charge in [-0.2, -0.15) is 10.5 Å². The Labute approximate surface area is 99.7 Å². The van der Waals surface area contributed by atoms with Gasteiger partial charge >= 0.3 is 0 Å². The molecule has 0 fully saturated rings. The monoisotopic (exact) mass is 232 g/mol. The molecule has 0 aromatic heterocycles. The molecule has 0 amide bonds. The number of hydrogen-bond acceptors (Lipinski definition) is 4. The lowest BCUT2D eigenvalue weighted by Gasteiger charge is -2.23. The number of benzene rings is 1. The summed E-state index contributed by atoms with van der Waals surface area (Å²) < 4.78 is 13.8. The number of para-hydroxylation sites is 1. The molecule has 1 rings (SSSR count). The second kappa shape index (κ2) is 5.83. The van der Waals surface area contributed by atoms with Crippen molar-refractivity contribution in [3.8, 4) is 12.1 Å². The maximum Gasteiger partial charge on any atom is 0.146 e. The minimum absolute atomic E-state index is 0.0474. The second-order valence-electron chi connectivity index (χ2n) is 3.64. The molecule has 0 aliphatic heterocycles. The summed E-state index contributed by atoms with van der Waals surface area (Å²) in [5.41, 5.74) is 6.59. The maximum atomic E-state index is 13.8. The zero-order valence-corrected chi connectivity index (χ0v) is 9.52. The summed E-state index contributed by atoms with van der Waals surface area (Å²) in [7, 11) is 0. The highest BCUT2D eigenvalue weighted by Crippen LogP contribution is 2.28. The number of anilines is 1. The van der Waals surface area contributed by atoms with Gasteiger partial charge in [0, 0.05) is 6.04 Å². The average Bonchev–Trinajstić information content (AvgIpc) is 2.28. The van der Waals surface area contributed by atoms with E-state index in [0.717, 1.165) is 0 Å². The van der Waals surface area contributed by atoms with Crippen molar-refractivity contribution in [2.75, 3.05) is 18.0 Å². The van der Waals surface area contributed by atoms with Crippen LogP contribution in [-0.4, -0.2) is 13.1 Å². The van der Waals surface area contributed by atoms with E-state index in [1.54, 1.807) is 19.1 Å². The van der Waals surface area contributed by atoms with Gasteiger partial charge in [-0.15, -0.1) is 0 Å². The first kappa shape index (κ1) is 13.0. The predicted molar refractivity (Wildman–Crippen MR) is 62.4 cm³/mol. The summed E-state index contributed by atoms with van der Waals surface area (Å²) in [5.74, 6) is -0.467. The van der Waals surface area contributed by atoms with Crippen LogP contribution >= 0.6 is 0 Å². The molecule has 0 spiro atoms. The molecule has 0 aliphatic carbocycles. The first-order chi connectivity index (χ1) is 8.11. The van der Waals surface area contributed by atoms with E-state index >= 15 is 0 Å². The molecule has 1 aromatic carbocycles. The summed E-state index contributed by atoms with van der Waals surface area (Å²) in [4.78, 5) is 1.38. The first-order valence-electron chi connectivity index (χ1n) is 5.14. The molecule has 0 bridgehead atoms. The quantitative estimate of drug-likeness (QED) is 0.801. The summed E-state index contributed by atoms with van der Waals surface area (Å²) in [5, 5.41) is 17.4. The Morgan fingerprint density at radius 2 is 1.94 bits per heavy atom. The lowest BCUT2D eigenvalue weighted by molar-refractivity contribution is 0.617. The van der Waals surface area contributed by atoms with Gasteiger partial charge in [-0.05, 0) is 18.6 Å². The number of nitriles is 2. The highest BCUT2D eigenvalue weighted by molar-refractivity contribution is 5.57. The molecule has 0 aliphatic rings. The normalized spacial score (nSPS) is 11.4. The van der Waals surface area contributed by atoms with Crippen molar-refractivity contribution in [1.29, 1.82) is 10.5 Å². The molecule has 88 valence electrons. The Morgan fingerprint density at radius 3 is 2.41 bits per heavy atom. The van der Waals surface area contributed by atoms with Gasteiger partial charge in [-0.3, -0.25) is 0 Å². The van der Waals surface area contributed by atoms with Gasteiger partial charge in [0.1, 0.15) is 18.9 Å². The van der Waals surface area contributed by atoms with E-state index in [1.165, 1.54) is 11.0 Å². The largest absolute Gasteiger partial charge is 0.342 e. The molecule has 0 heterocycles. The third-order valence-corrected chi connectivity index (χ3v) is 2.35. The fourth-order valence-electron chi connectivity index (χ4n) is 1.62. The van der Waals surface area contributed by atoms with Crippen LogP contribution in [0.3, 0.4) is 0 Å². The third kappa shape index (κ3) is 2.93. The van der Waals surface area contributed by atoms with E-state index in [4.69, 9.17) is 16.3 Å². The average molecular weight is 232 g/mol. The van der Waals surface area contributed by atoms with Crippen molar-refractivity contribution in [1.82, 2.24) is 0 Å². The number of halogens is 1. The molecule has 1 aromatic rings. The van der Waals surface area contributed by atoms with Crippen LogP contribution < -0.4 is 10.6 Å². The highest BCUT2D eigenvalue weighted by Gasteiger charge is 2.17. The summed E-state index contributed by atoms with van der Waals surface area (Å²) >= 11 is 0. The maximum absolute atomic E-state index is 13.8. The van der Waals surface area contributed by atoms with E-state index in [9.17, 15) is 4.39 Å². The van der Waals surface area contributed by atoms with E-state index in [-0.39, 0.29) is 24.8 Å². The molecule has 4 nitrogen and oxygen atoms in total. The van der Waals surface area contributed by atoms with Gasteiger partial charge in [0.25, 0.3) is 0 Å². The van der Waals surface area contributed by atoms with Gasteiger partial charge in [0.05, 0.1) is 17.8 Å². The highest BCUT2D eigenvalue weighted by atomic mass is 19.1. The van der Waals surface area contributed by atoms with Crippen molar-refractivity contribution < 1.29 is 4.39 Å². The molecule has 0 radical (unpaired) electrons. The Hall–Kier alpha value is -2.11. The van der Waals surface area contributed by atoms with Crippen LogP contribution in [0.1, 0.15) is 18.5 Å². The van der Waals surface area contributed by atoms with Gasteiger partial charge in [-0.1, -0.05) is 12.1 Å².